The number of nitrogens with zero attached hydrogens (tertiary/aromatic N) is 3. The Balaban J connectivity index is 2.02. The summed E-state index contributed by atoms with van der Waals surface area (Å²) in [4.78, 5) is 13.8. The van der Waals surface area contributed by atoms with Gasteiger partial charge < -0.3 is 0 Å². The van der Waals surface area contributed by atoms with Crippen molar-refractivity contribution in [2.24, 2.45) is 5.10 Å². The molecule has 6 nitrogen and oxygen atoms in total. The molecule has 0 radical (unpaired) electrons. The predicted octanol–water partition coefficient (Wildman–Crippen LogP) is 3.74. The molecule has 0 amide bonds. The van der Waals surface area contributed by atoms with E-state index in [4.69, 9.17) is 23.2 Å². The molecule has 2 aromatic rings. The molecule has 102 valence electrons. The highest BCUT2D eigenvalue weighted by Crippen LogP contribution is 2.21. The molecule has 0 aliphatic heterocycles. The Labute approximate surface area is 124 Å². The zero-order valence-corrected chi connectivity index (χ0v) is 11.5. The summed E-state index contributed by atoms with van der Waals surface area (Å²) < 4.78 is 0. The molecule has 0 saturated heterocycles. The molecule has 0 bridgehead atoms. The van der Waals surface area contributed by atoms with E-state index >= 15 is 0 Å². The number of halogens is 2. The summed E-state index contributed by atoms with van der Waals surface area (Å²) in [5, 5.41) is 15.3. The summed E-state index contributed by atoms with van der Waals surface area (Å²) in [6.45, 7) is 0. The number of nitrogens with one attached hydrogen (secondary N) is 1. The molecule has 0 aliphatic carbocycles. The van der Waals surface area contributed by atoms with Crippen LogP contribution in [0.15, 0.2) is 41.6 Å². The summed E-state index contributed by atoms with van der Waals surface area (Å²) in [5.41, 5.74) is 3.33. The average molecular weight is 311 g/mol. The summed E-state index contributed by atoms with van der Waals surface area (Å²) in [5.74, 6) is 0.395. The molecule has 0 unspecified atom stereocenters. The van der Waals surface area contributed by atoms with Crippen LogP contribution in [0.4, 0.5) is 11.5 Å². The SMILES string of the molecule is O=[N+]([O-])c1ccc(N/N=C/c2ccc(Cl)c(Cl)c2)nc1. The fraction of sp³-hybridized carbons (Fsp3) is 0. The van der Waals surface area contributed by atoms with E-state index in [1.54, 1.807) is 18.2 Å². The van der Waals surface area contributed by atoms with Gasteiger partial charge in [0.05, 0.1) is 21.2 Å². The second-order valence-electron chi connectivity index (χ2n) is 3.70. The highest BCUT2D eigenvalue weighted by Gasteiger charge is 2.04. The largest absolute Gasteiger partial charge is 0.287 e. The molecule has 2 rings (SSSR count). The summed E-state index contributed by atoms with van der Waals surface area (Å²) >= 11 is 11.7. The van der Waals surface area contributed by atoms with Gasteiger partial charge >= 0.3 is 0 Å². The van der Waals surface area contributed by atoms with Crippen LogP contribution >= 0.6 is 23.2 Å². The third-order valence-corrected chi connectivity index (χ3v) is 3.03. The molecular formula is C12H8Cl2N4O2. The number of hydrogen-bond donors (Lipinski definition) is 1. The molecule has 0 atom stereocenters. The van der Waals surface area contributed by atoms with Gasteiger partial charge in [-0.05, 0) is 23.8 Å². The van der Waals surface area contributed by atoms with Crippen molar-refractivity contribution in [1.82, 2.24) is 4.98 Å². The Morgan fingerprint density at radius 3 is 2.65 bits per heavy atom. The Kier molecular flexibility index (Phi) is 4.49. The molecule has 0 spiro atoms. The Bertz CT molecular complexity index is 659. The molecule has 1 heterocycles. The first-order chi connectivity index (χ1) is 9.56. The average Bonchev–Trinajstić information content (AvgIpc) is 2.43. The first-order valence-electron chi connectivity index (χ1n) is 5.41. The Hall–Kier alpha value is -2.18. The van der Waals surface area contributed by atoms with Gasteiger partial charge in [-0.15, -0.1) is 0 Å². The van der Waals surface area contributed by atoms with E-state index in [1.807, 2.05) is 0 Å². The van der Waals surface area contributed by atoms with E-state index in [2.05, 4.69) is 15.5 Å². The van der Waals surface area contributed by atoms with Crippen molar-refractivity contribution in [3.8, 4) is 0 Å². The van der Waals surface area contributed by atoms with E-state index in [-0.39, 0.29) is 5.69 Å². The van der Waals surface area contributed by atoms with Crippen molar-refractivity contribution >= 4 is 40.9 Å². The molecule has 8 heteroatoms. The zero-order valence-electron chi connectivity index (χ0n) is 9.96. The van der Waals surface area contributed by atoms with Crippen LogP contribution in [0.25, 0.3) is 0 Å². The smallest absolute Gasteiger partial charge is 0.261 e. The van der Waals surface area contributed by atoms with Gasteiger partial charge in [0.15, 0.2) is 0 Å². The topological polar surface area (TPSA) is 80.4 Å². The second kappa shape index (κ2) is 6.31. The number of pyridine rings is 1. The lowest BCUT2D eigenvalue weighted by Gasteiger charge is -1.99. The molecule has 1 N–H and O–H groups in total. The maximum Gasteiger partial charge on any atom is 0.287 e. The van der Waals surface area contributed by atoms with Crippen LogP contribution in [0.2, 0.25) is 10.0 Å². The number of benzene rings is 1. The summed E-state index contributed by atoms with van der Waals surface area (Å²) in [6.07, 6.45) is 2.68. The first-order valence-corrected chi connectivity index (χ1v) is 6.16. The quantitative estimate of drug-likeness (QED) is 0.530. The monoisotopic (exact) mass is 310 g/mol. The van der Waals surface area contributed by atoms with Crippen molar-refractivity contribution in [3.63, 3.8) is 0 Å². The fourth-order valence-corrected chi connectivity index (χ4v) is 1.63. The van der Waals surface area contributed by atoms with Crippen molar-refractivity contribution in [2.45, 2.75) is 0 Å². The minimum atomic E-state index is -0.518. The van der Waals surface area contributed by atoms with Gasteiger partial charge in [0.1, 0.15) is 12.0 Å². The number of hydrazone groups is 1. The highest BCUT2D eigenvalue weighted by atomic mass is 35.5. The van der Waals surface area contributed by atoms with Crippen LogP contribution in [-0.4, -0.2) is 16.1 Å². The van der Waals surface area contributed by atoms with Gasteiger partial charge in [-0.3, -0.25) is 15.5 Å². The molecule has 1 aromatic heterocycles. The van der Waals surface area contributed by atoms with Gasteiger partial charge in [-0.25, -0.2) is 4.98 Å². The first kappa shape index (κ1) is 14.2. The van der Waals surface area contributed by atoms with E-state index in [9.17, 15) is 10.1 Å². The van der Waals surface area contributed by atoms with Crippen molar-refractivity contribution in [2.75, 3.05) is 5.43 Å². The lowest BCUT2D eigenvalue weighted by molar-refractivity contribution is -0.385. The highest BCUT2D eigenvalue weighted by molar-refractivity contribution is 6.42. The minimum absolute atomic E-state index is 0.0796. The lowest BCUT2D eigenvalue weighted by atomic mass is 10.2. The molecule has 0 saturated carbocycles. The fourth-order valence-electron chi connectivity index (χ4n) is 1.33. The van der Waals surface area contributed by atoms with Crippen molar-refractivity contribution < 1.29 is 4.92 Å². The standard InChI is InChI=1S/C12H8Cl2N4O2/c13-10-3-1-8(5-11(10)14)6-16-17-12-4-2-9(7-15-12)18(19)20/h1-7H,(H,15,17)/b16-6+. The number of rotatable bonds is 4. The Morgan fingerprint density at radius 2 is 2.05 bits per heavy atom. The number of nitro groups is 1. The van der Waals surface area contributed by atoms with Gasteiger partial charge in [0.25, 0.3) is 5.69 Å². The maximum atomic E-state index is 10.5. The minimum Gasteiger partial charge on any atom is -0.261 e. The summed E-state index contributed by atoms with van der Waals surface area (Å²) in [7, 11) is 0. The summed E-state index contributed by atoms with van der Waals surface area (Å²) in [6, 6.07) is 7.88. The maximum absolute atomic E-state index is 10.5. The van der Waals surface area contributed by atoms with E-state index < -0.39 is 4.92 Å². The van der Waals surface area contributed by atoms with Crippen LogP contribution in [0.5, 0.6) is 0 Å². The number of anilines is 1. The lowest BCUT2D eigenvalue weighted by Crippen LogP contribution is -1.95. The van der Waals surface area contributed by atoms with Gasteiger partial charge in [-0.2, -0.15) is 5.10 Å². The van der Waals surface area contributed by atoms with E-state index in [1.165, 1.54) is 18.3 Å². The van der Waals surface area contributed by atoms with Crippen molar-refractivity contribution in [1.29, 1.82) is 0 Å². The van der Waals surface area contributed by atoms with Gasteiger partial charge in [0.2, 0.25) is 0 Å². The van der Waals surface area contributed by atoms with E-state index in [0.717, 1.165) is 11.8 Å². The molecule has 0 fully saturated rings. The normalized spacial score (nSPS) is 10.7. The van der Waals surface area contributed by atoms with Crippen molar-refractivity contribution in [3.05, 3.63) is 62.3 Å². The zero-order chi connectivity index (χ0) is 14.5. The third-order valence-electron chi connectivity index (χ3n) is 2.30. The third kappa shape index (κ3) is 3.66. The number of aromatic nitrogens is 1. The van der Waals surface area contributed by atoms with Crippen LogP contribution in [-0.2, 0) is 0 Å². The van der Waals surface area contributed by atoms with Gasteiger partial charge in [0, 0.05) is 6.07 Å². The van der Waals surface area contributed by atoms with E-state index in [0.29, 0.717) is 15.9 Å². The predicted molar refractivity (Wildman–Crippen MR) is 78.6 cm³/mol. The molecular weight excluding hydrogens is 303 g/mol. The van der Waals surface area contributed by atoms with Crippen LogP contribution in [0, 0.1) is 10.1 Å². The number of hydrogen-bond acceptors (Lipinski definition) is 5. The van der Waals surface area contributed by atoms with Crippen LogP contribution in [0.1, 0.15) is 5.56 Å². The molecule has 20 heavy (non-hydrogen) atoms. The Morgan fingerprint density at radius 1 is 1.25 bits per heavy atom. The van der Waals surface area contributed by atoms with Crippen LogP contribution in [0.3, 0.4) is 0 Å². The van der Waals surface area contributed by atoms with Crippen LogP contribution < -0.4 is 5.43 Å². The second-order valence-corrected chi connectivity index (χ2v) is 4.52. The molecule has 1 aromatic carbocycles. The molecule has 0 aliphatic rings. The van der Waals surface area contributed by atoms with Gasteiger partial charge in [-0.1, -0.05) is 29.3 Å².